The van der Waals surface area contributed by atoms with Gasteiger partial charge in [-0.1, -0.05) is 36.4 Å². The van der Waals surface area contributed by atoms with Crippen LogP contribution in [0.25, 0.3) is 34.9 Å². The summed E-state index contributed by atoms with van der Waals surface area (Å²) in [5.41, 5.74) is 5.12. The molecule has 0 aliphatic heterocycles. The van der Waals surface area contributed by atoms with Crippen molar-refractivity contribution in [2.75, 3.05) is 11.5 Å². The Morgan fingerprint density at radius 1 is 0.500 bits per heavy atom. The van der Waals surface area contributed by atoms with Crippen molar-refractivity contribution in [1.29, 1.82) is 0 Å². The summed E-state index contributed by atoms with van der Waals surface area (Å²) in [6, 6.07) is 31.2. The third-order valence-electron chi connectivity index (χ3n) is 8.44. The molecule has 3 heterocycles. The van der Waals surface area contributed by atoms with Gasteiger partial charge in [0.15, 0.2) is 12.6 Å². The number of hydrogen-bond donors (Lipinski definition) is 3. The van der Waals surface area contributed by atoms with Gasteiger partial charge in [-0.25, -0.2) is 19.2 Å². The molecule has 11 nitrogen and oxygen atoms in total. The van der Waals surface area contributed by atoms with Gasteiger partial charge in [0.2, 0.25) is 0 Å². The smallest absolute Gasteiger partial charge is 0.345 e. The van der Waals surface area contributed by atoms with Crippen LogP contribution < -0.4 is 4.90 Å². The SMILES string of the molecule is CCOC(=O)/C(=C\c1ccc(N(c2ccc(/C=C(\C=O)c3ccc(C(=O)O)s3)cc2)c2ccc(/C=C(\C=O)c3ccc(C(=O)O)s3)cc2)cc1)c1ccc(C(=O)O)s1. The zero-order valence-electron chi connectivity index (χ0n) is 30.4. The van der Waals surface area contributed by atoms with Crippen LogP contribution in [-0.4, -0.2) is 58.4 Å². The monoisotopic (exact) mass is 829 g/mol. The molecular weight excluding hydrogens is 799 g/mol. The minimum absolute atomic E-state index is 0.0849. The van der Waals surface area contributed by atoms with E-state index in [1.807, 2.05) is 77.7 Å². The number of thiophene rings is 3. The maximum absolute atomic E-state index is 13.0. The van der Waals surface area contributed by atoms with Gasteiger partial charge in [-0.3, -0.25) is 9.59 Å². The highest BCUT2D eigenvalue weighted by molar-refractivity contribution is 7.16. The largest absolute Gasteiger partial charge is 0.477 e. The normalized spacial score (nSPS) is 11.8. The molecule has 3 aromatic carbocycles. The third-order valence-corrected chi connectivity index (χ3v) is 11.8. The van der Waals surface area contributed by atoms with Gasteiger partial charge in [0, 0.05) is 42.8 Å². The number of allylic oxidation sites excluding steroid dienone is 2. The van der Waals surface area contributed by atoms with Gasteiger partial charge in [0.25, 0.3) is 0 Å². The van der Waals surface area contributed by atoms with Crippen LogP contribution in [0, 0.1) is 0 Å². The molecule has 0 saturated heterocycles. The molecule has 3 aromatic heterocycles. The Morgan fingerprint density at radius 2 is 0.828 bits per heavy atom. The van der Waals surface area contributed by atoms with Crippen molar-refractivity contribution in [3.8, 4) is 0 Å². The van der Waals surface area contributed by atoms with E-state index in [2.05, 4.69) is 0 Å². The Balaban J connectivity index is 1.37. The third kappa shape index (κ3) is 9.50. The van der Waals surface area contributed by atoms with Crippen LogP contribution in [-0.2, 0) is 19.1 Å². The van der Waals surface area contributed by atoms with E-state index in [-0.39, 0.29) is 26.8 Å². The maximum atomic E-state index is 13.0. The molecule has 0 bridgehead atoms. The number of nitrogens with zero attached hydrogens (tertiary/aromatic N) is 1. The Morgan fingerprint density at radius 3 is 1.16 bits per heavy atom. The number of benzene rings is 3. The van der Waals surface area contributed by atoms with Gasteiger partial charge >= 0.3 is 23.9 Å². The number of aromatic carboxylic acids is 3. The van der Waals surface area contributed by atoms with Crippen LogP contribution in [0.5, 0.6) is 0 Å². The second-order valence-electron chi connectivity index (χ2n) is 12.2. The van der Waals surface area contributed by atoms with Crippen LogP contribution in [0.3, 0.4) is 0 Å². The van der Waals surface area contributed by atoms with E-state index in [0.717, 1.165) is 51.1 Å². The van der Waals surface area contributed by atoms with Gasteiger partial charge < -0.3 is 25.0 Å². The highest BCUT2D eigenvalue weighted by atomic mass is 32.1. The summed E-state index contributed by atoms with van der Waals surface area (Å²) in [6.45, 7) is 1.82. The number of aldehydes is 2. The number of esters is 1. The highest BCUT2D eigenvalue weighted by Gasteiger charge is 2.19. The number of carbonyl (C=O) groups excluding carboxylic acids is 3. The average molecular weight is 830 g/mol. The summed E-state index contributed by atoms with van der Waals surface area (Å²) in [4.78, 5) is 75.1. The molecule has 0 saturated carbocycles. The van der Waals surface area contributed by atoms with Crippen molar-refractivity contribution in [2.45, 2.75) is 6.92 Å². The van der Waals surface area contributed by atoms with E-state index in [0.29, 0.717) is 55.0 Å². The molecule has 58 heavy (non-hydrogen) atoms. The fourth-order valence-corrected chi connectivity index (χ4v) is 8.20. The van der Waals surface area contributed by atoms with Crippen molar-refractivity contribution in [3.05, 3.63) is 155 Å². The molecule has 6 aromatic rings. The quantitative estimate of drug-likeness (QED) is 0.0481. The van der Waals surface area contributed by atoms with E-state index in [1.165, 1.54) is 18.2 Å². The van der Waals surface area contributed by atoms with Crippen LogP contribution in [0.4, 0.5) is 17.1 Å². The van der Waals surface area contributed by atoms with Gasteiger partial charge in [-0.15, -0.1) is 34.0 Å². The topological polar surface area (TPSA) is 176 Å². The Hall–Kier alpha value is -7.00. The van der Waals surface area contributed by atoms with Gasteiger partial charge in [-0.05, 0) is 115 Å². The lowest BCUT2D eigenvalue weighted by molar-refractivity contribution is -0.136. The standard InChI is InChI=1S/C44H31NO10S3/c1-2-55-44(54)34(37-17-20-40(58-37)43(52)53)23-28-7-13-33(14-8-28)45(31-9-3-26(4-10-31)21-29(24-46)35-15-18-38(56-35)41(48)49)32-11-5-27(6-12-32)22-30(25-47)36-16-19-39(57-36)42(50)51/h3-25H,2H2,1H3,(H,48,49)(H,50,51)(H,52,53)/b29-21+,30-22+,34-23-. The maximum Gasteiger partial charge on any atom is 0.345 e. The lowest BCUT2D eigenvalue weighted by Crippen LogP contribution is -2.10. The molecule has 14 heteroatoms. The zero-order valence-corrected chi connectivity index (χ0v) is 32.8. The minimum Gasteiger partial charge on any atom is -0.477 e. The summed E-state index contributed by atoms with van der Waals surface area (Å²) in [5, 5.41) is 28.1. The van der Waals surface area contributed by atoms with Crippen molar-refractivity contribution < 1.29 is 48.8 Å². The molecule has 0 fully saturated rings. The van der Waals surface area contributed by atoms with E-state index in [1.54, 1.807) is 43.4 Å². The predicted octanol–water partition coefficient (Wildman–Crippen LogP) is 10.0. The van der Waals surface area contributed by atoms with E-state index < -0.39 is 23.9 Å². The second-order valence-corrected chi connectivity index (χ2v) is 15.5. The van der Waals surface area contributed by atoms with Crippen molar-refractivity contribution in [2.24, 2.45) is 0 Å². The first-order valence-corrected chi connectivity index (χ1v) is 19.8. The predicted molar refractivity (Wildman–Crippen MR) is 227 cm³/mol. The summed E-state index contributed by atoms with van der Waals surface area (Å²) in [6.07, 6.45) is 6.35. The Labute approximate surface area is 343 Å². The van der Waals surface area contributed by atoms with Crippen LogP contribution in [0.2, 0.25) is 0 Å². The first kappa shape index (κ1) is 40.7. The van der Waals surface area contributed by atoms with Crippen molar-refractivity contribution in [1.82, 2.24) is 0 Å². The summed E-state index contributed by atoms with van der Waals surface area (Å²) in [5.74, 6) is -3.83. The number of anilines is 3. The molecule has 0 aliphatic carbocycles. The van der Waals surface area contributed by atoms with E-state index >= 15 is 0 Å². The number of ether oxygens (including phenoxy) is 1. The van der Waals surface area contributed by atoms with Crippen molar-refractivity contribution >= 4 is 122 Å². The fourth-order valence-electron chi connectivity index (χ4n) is 5.71. The molecule has 0 aliphatic rings. The van der Waals surface area contributed by atoms with E-state index in [4.69, 9.17) is 4.74 Å². The van der Waals surface area contributed by atoms with Gasteiger partial charge in [-0.2, -0.15) is 0 Å². The molecular formula is C44H31NO10S3. The summed E-state index contributed by atoms with van der Waals surface area (Å²) < 4.78 is 5.28. The number of rotatable bonds is 16. The molecule has 290 valence electrons. The average Bonchev–Trinajstić information content (AvgIpc) is 4.02. The molecule has 3 N–H and O–H groups in total. The Kier molecular flexibility index (Phi) is 12.8. The summed E-state index contributed by atoms with van der Waals surface area (Å²) >= 11 is 2.98. The molecule has 0 radical (unpaired) electrons. The molecule has 0 atom stereocenters. The lowest BCUT2D eigenvalue weighted by Gasteiger charge is -2.26. The van der Waals surface area contributed by atoms with Gasteiger partial charge in [0.1, 0.15) is 14.6 Å². The van der Waals surface area contributed by atoms with Crippen LogP contribution in [0.1, 0.15) is 67.3 Å². The molecule has 6 rings (SSSR count). The lowest BCUT2D eigenvalue weighted by atomic mass is 10.1. The molecule has 0 unspecified atom stereocenters. The first-order chi connectivity index (χ1) is 28.0. The zero-order chi connectivity index (χ0) is 41.3. The minimum atomic E-state index is -1.10. The Bertz CT molecular complexity index is 2490. The number of carboxylic acid groups (broad SMARTS) is 3. The van der Waals surface area contributed by atoms with Crippen LogP contribution in [0.15, 0.2) is 109 Å². The van der Waals surface area contributed by atoms with Crippen molar-refractivity contribution in [3.63, 3.8) is 0 Å². The highest BCUT2D eigenvalue weighted by Crippen LogP contribution is 2.37. The molecule has 0 spiro atoms. The number of carbonyl (C=O) groups is 6. The number of carboxylic acids is 3. The second kappa shape index (κ2) is 18.3. The van der Waals surface area contributed by atoms with E-state index in [9.17, 15) is 44.1 Å². The van der Waals surface area contributed by atoms with Crippen LogP contribution >= 0.6 is 34.0 Å². The first-order valence-electron chi connectivity index (χ1n) is 17.3. The van der Waals surface area contributed by atoms with Gasteiger partial charge in [0.05, 0.1) is 12.2 Å². The molecule has 0 amide bonds. The summed E-state index contributed by atoms with van der Waals surface area (Å²) in [7, 11) is 0. The number of hydrogen-bond acceptors (Lipinski definition) is 11. The fraction of sp³-hybridized carbons (Fsp3) is 0.0455.